The van der Waals surface area contributed by atoms with Gasteiger partial charge in [-0.1, -0.05) is 151 Å². The second-order valence-electron chi connectivity index (χ2n) is 15.1. The number of ether oxygens (including phenoxy) is 3. The number of carbonyl (C=O) groups excluding carboxylic acids is 4. The summed E-state index contributed by atoms with van der Waals surface area (Å²) in [6, 6.07) is 17.0. The number of hydrogen-bond donors (Lipinski definition) is 0. The summed E-state index contributed by atoms with van der Waals surface area (Å²) in [5, 5.41) is 0. The summed E-state index contributed by atoms with van der Waals surface area (Å²) >= 11 is 0. The van der Waals surface area contributed by atoms with Crippen LogP contribution in [0.15, 0.2) is 60.7 Å². The Balaban J connectivity index is 1.60. The van der Waals surface area contributed by atoms with Gasteiger partial charge in [0, 0.05) is 25.8 Å². The molecule has 3 aromatic carbocycles. The minimum atomic E-state index is -2.40. The van der Waals surface area contributed by atoms with E-state index in [4.69, 9.17) is 9.47 Å². The SMILES string of the molecule is CCCCCCCCCCCN(C(=O)CCCCCCCCCC(=O)OCc1ccccc1)[C@@H](CCC(=O)Oc1c(F)c(F)c(F)c(F)c1F)C(=O)OCc1ccccc1. The van der Waals surface area contributed by atoms with E-state index in [0.717, 1.165) is 82.6 Å². The van der Waals surface area contributed by atoms with Crippen LogP contribution in [0.5, 0.6) is 5.75 Å². The number of rotatable bonds is 30. The Morgan fingerprint density at radius 2 is 0.967 bits per heavy atom. The molecule has 0 unspecified atom stereocenters. The highest BCUT2D eigenvalue weighted by Crippen LogP contribution is 2.30. The van der Waals surface area contributed by atoms with E-state index in [1.807, 2.05) is 30.3 Å². The van der Waals surface area contributed by atoms with Gasteiger partial charge >= 0.3 is 17.9 Å². The van der Waals surface area contributed by atoms with Gasteiger partial charge in [0.1, 0.15) is 19.3 Å². The lowest BCUT2D eigenvalue weighted by Gasteiger charge is -2.30. The molecular formula is C47H60F5NO7. The van der Waals surface area contributed by atoms with Crippen molar-refractivity contribution in [2.75, 3.05) is 6.54 Å². The third-order valence-corrected chi connectivity index (χ3v) is 10.2. The average molecular weight is 846 g/mol. The van der Waals surface area contributed by atoms with Gasteiger partial charge in [0.05, 0.1) is 0 Å². The number of hydrogen-bond acceptors (Lipinski definition) is 7. The van der Waals surface area contributed by atoms with Gasteiger partial charge < -0.3 is 19.1 Å². The van der Waals surface area contributed by atoms with Crippen molar-refractivity contribution in [1.29, 1.82) is 0 Å². The van der Waals surface area contributed by atoms with Crippen LogP contribution >= 0.6 is 0 Å². The zero-order valence-corrected chi connectivity index (χ0v) is 34.8. The predicted octanol–water partition coefficient (Wildman–Crippen LogP) is 11.8. The molecule has 3 aromatic rings. The van der Waals surface area contributed by atoms with Crippen molar-refractivity contribution in [3.8, 4) is 5.75 Å². The van der Waals surface area contributed by atoms with Gasteiger partial charge in [-0.05, 0) is 36.8 Å². The molecule has 0 aromatic heterocycles. The van der Waals surface area contributed by atoms with E-state index in [0.29, 0.717) is 24.8 Å². The van der Waals surface area contributed by atoms with Crippen LogP contribution in [0.4, 0.5) is 22.0 Å². The molecule has 330 valence electrons. The van der Waals surface area contributed by atoms with Crippen molar-refractivity contribution >= 4 is 23.8 Å². The molecule has 0 saturated carbocycles. The maximum atomic E-state index is 14.3. The van der Waals surface area contributed by atoms with Gasteiger partial charge in [-0.2, -0.15) is 8.78 Å². The van der Waals surface area contributed by atoms with E-state index in [9.17, 15) is 41.1 Å². The average Bonchev–Trinajstić information content (AvgIpc) is 3.26. The molecule has 0 bridgehead atoms. The fourth-order valence-corrected chi connectivity index (χ4v) is 6.75. The van der Waals surface area contributed by atoms with E-state index >= 15 is 0 Å². The number of unbranched alkanes of at least 4 members (excludes halogenated alkanes) is 14. The molecule has 0 aliphatic heterocycles. The zero-order chi connectivity index (χ0) is 43.5. The third-order valence-electron chi connectivity index (χ3n) is 10.2. The fraction of sp³-hybridized carbons (Fsp3) is 0.532. The topological polar surface area (TPSA) is 99.2 Å². The van der Waals surface area contributed by atoms with Crippen LogP contribution in [0.2, 0.25) is 0 Å². The summed E-state index contributed by atoms with van der Waals surface area (Å²) in [5.74, 6) is -16.0. The van der Waals surface area contributed by atoms with E-state index in [1.54, 1.807) is 30.3 Å². The Hall–Kier alpha value is -4.81. The second-order valence-corrected chi connectivity index (χ2v) is 15.1. The first-order chi connectivity index (χ1) is 29.0. The van der Waals surface area contributed by atoms with Gasteiger partial charge in [0.25, 0.3) is 0 Å². The quantitative estimate of drug-likeness (QED) is 0.0164. The number of esters is 3. The molecule has 0 spiro atoms. The van der Waals surface area contributed by atoms with E-state index < -0.39 is 59.2 Å². The predicted molar refractivity (Wildman–Crippen MR) is 218 cm³/mol. The van der Waals surface area contributed by atoms with Crippen molar-refractivity contribution in [2.24, 2.45) is 0 Å². The van der Waals surface area contributed by atoms with Crippen LogP contribution in [0.1, 0.15) is 146 Å². The highest BCUT2D eigenvalue weighted by molar-refractivity contribution is 5.85. The normalized spacial score (nSPS) is 11.6. The molecule has 0 heterocycles. The molecular weight excluding hydrogens is 786 g/mol. The first-order valence-corrected chi connectivity index (χ1v) is 21.4. The lowest BCUT2D eigenvalue weighted by Crippen LogP contribution is -2.46. The Morgan fingerprint density at radius 3 is 1.50 bits per heavy atom. The van der Waals surface area contributed by atoms with E-state index in [1.165, 1.54) is 17.7 Å². The van der Waals surface area contributed by atoms with Crippen LogP contribution in [0.25, 0.3) is 0 Å². The summed E-state index contributed by atoms with van der Waals surface area (Å²) in [6.07, 6.45) is 14.0. The van der Waals surface area contributed by atoms with Crippen molar-refractivity contribution in [2.45, 2.75) is 155 Å². The molecule has 1 amide bonds. The van der Waals surface area contributed by atoms with Gasteiger partial charge in [0.2, 0.25) is 40.7 Å². The molecule has 0 radical (unpaired) electrons. The highest BCUT2D eigenvalue weighted by atomic mass is 19.2. The largest absolute Gasteiger partial charge is 0.461 e. The summed E-state index contributed by atoms with van der Waals surface area (Å²) in [5.41, 5.74) is 1.61. The second kappa shape index (κ2) is 28.6. The number of carbonyl (C=O) groups is 4. The molecule has 8 nitrogen and oxygen atoms in total. The third kappa shape index (κ3) is 18.2. The first kappa shape index (κ1) is 49.6. The Bertz CT molecular complexity index is 1720. The number of nitrogens with zero attached hydrogens (tertiary/aromatic N) is 1. The summed E-state index contributed by atoms with van der Waals surface area (Å²) in [7, 11) is 0. The van der Waals surface area contributed by atoms with Crippen LogP contribution in [0.3, 0.4) is 0 Å². The summed E-state index contributed by atoms with van der Waals surface area (Å²) in [6.45, 7) is 2.47. The lowest BCUT2D eigenvalue weighted by molar-refractivity contribution is -0.157. The van der Waals surface area contributed by atoms with Gasteiger partial charge in [0.15, 0.2) is 0 Å². The molecule has 3 rings (SSSR count). The number of amides is 1. The zero-order valence-electron chi connectivity index (χ0n) is 34.8. The van der Waals surface area contributed by atoms with Gasteiger partial charge in [-0.3, -0.25) is 14.4 Å². The summed E-state index contributed by atoms with van der Waals surface area (Å²) < 4.78 is 85.3. The number of benzene rings is 3. The van der Waals surface area contributed by atoms with Crippen molar-refractivity contribution in [3.63, 3.8) is 0 Å². The molecule has 0 fully saturated rings. The van der Waals surface area contributed by atoms with Crippen molar-refractivity contribution in [1.82, 2.24) is 4.90 Å². The monoisotopic (exact) mass is 845 g/mol. The number of halogens is 5. The van der Waals surface area contributed by atoms with E-state index in [-0.39, 0.29) is 44.5 Å². The van der Waals surface area contributed by atoms with E-state index in [2.05, 4.69) is 11.7 Å². The Labute approximate surface area is 351 Å². The highest BCUT2D eigenvalue weighted by Gasteiger charge is 2.33. The van der Waals surface area contributed by atoms with Crippen LogP contribution in [-0.4, -0.2) is 41.3 Å². The molecule has 0 N–H and O–H groups in total. The molecule has 0 aliphatic carbocycles. The van der Waals surface area contributed by atoms with Gasteiger partial charge in [-0.15, -0.1) is 0 Å². The molecule has 0 saturated heterocycles. The van der Waals surface area contributed by atoms with Crippen molar-refractivity contribution in [3.05, 3.63) is 101 Å². The Kier molecular flexibility index (Phi) is 23.6. The van der Waals surface area contributed by atoms with Crippen LogP contribution in [0, 0.1) is 29.1 Å². The molecule has 1 atom stereocenters. The molecule has 0 aliphatic rings. The van der Waals surface area contributed by atoms with Crippen molar-refractivity contribution < 1.29 is 55.3 Å². The minimum Gasteiger partial charge on any atom is -0.461 e. The minimum absolute atomic E-state index is 0.113. The molecule has 13 heteroatoms. The van der Waals surface area contributed by atoms with Gasteiger partial charge in [-0.25, -0.2) is 18.0 Å². The fourth-order valence-electron chi connectivity index (χ4n) is 6.75. The maximum Gasteiger partial charge on any atom is 0.329 e. The standard InChI is InChI=1S/C47H60F5NO7/c1-2-3-4-5-6-7-11-14-23-32-53(38(54)28-21-12-9-8-10-13-22-29-39(55)58-33-35-24-17-15-18-25-35)37(47(57)59-34-36-26-19-16-20-27-36)30-31-40(56)60-46-44(51)42(49)41(48)43(50)45(46)52/h15-20,24-27,37H,2-14,21-23,28-34H2,1H3/t37-/m0/s1. The molecule has 60 heavy (non-hydrogen) atoms. The van der Waals surface area contributed by atoms with Crippen LogP contribution in [-0.2, 0) is 41.9 Å². The first-order valence-electron chi connectivity index (χ1n) is 21.4. The summed E-state index contributed by atoms with van der Waals surface area (Å²) in [4.78, 5) is 53.9. The Morgan fingerprint density at radius 1 is 0.517 bits per heavy atom. The lowest BCUT2D eigenvalue weighted by atomic mass is 10.0. The maximum absolute atomic E-state index is 14.3. The smallest absolute Gasteiger partial charge is 0.329 e. The van der Waals surface area contributed by atoms with Crippen LogP contribution < -0.4 is 4.74 Å².